The third-order valence-corrected chi connectivity index (χ3v) is 5.87. The molecule has 6 nitrogen and oxygen atoms in total. The monoisotopic (exact) mass is 416 g/mol. The lowest BCUT2D eigenvalue weighted by atomic mass is 9.95. The van der Waals surface area contributed by atoms with Crippen molar-refractivity contribution in [3.05, 3.63) is 82.9 Å². The lowest BCUT2D eigenvalue weighted by Gasteiger charge is -2.38. The second-order valence-electron chi connectivity index (χ2n) is 7.78. The maximum Gasteiger partial charge on any atom is 0.217 e. The first kappa shape index (κ1) is 19.3. The van der Waals surface area contributed by atoms with Crippen LogP contribution in [0.1, 0.15) is 40.9 Å². The average molecular weight is 416 g/mol. The van der Waals surface area contributed by atoms with Gasteiger partial charge in [-0.2, -0.15) is 5.10 Å². The molecule has 0 bridgehead atoms. The Balaban J connectivity index is 1.63. The van der Waals surface area contributed by atoms with Gasteiger partial charge in [-0.1, -0.05) is 29.8 Å². The zero-order chi connectivity index (χ0) is 21.5. The number of phenols is 1. The van der Waals surface area contributed by atoms with Gasteiger partial charge in [-0.25, -0.2) is 5.01 Å². The Kier molecular flexibility index (Phi) is 4.70. The number of hydrogen-bond donors (Lipinski definition) is 1. The molecule has 5 rings (SSSR count). The number of hydrogen-bond acceptors (Lipinski definition) is 6. The van der Waals surface area contributed by atoms with Gasteiger partial charge in [-0.05, 0) is 37.3 Å². The molecule has 0 fully saturated rings. The van der Waals surface area contributed by atoms with Gasteiger partial charge in [0.1, 0.15) is 23.0 Å². The number of ether oxygens (including phenoxy) is 3. The molecule has 0 aromatic heterocycles. The molecular weight excluding hydrogens is 392 g/mol. The third kappa shape index (κ3) is 3.24. The van der Waals surface area contributed by atoms with Crippen LogP contribution < -0.4 is 14.2 Å². The lowest BCUT2D eigenvalue weighted by molar-refractivity contribution is -0.0203. The van der Waals surface area contributed by atoms with Gasteiger partial charge in [0.05, 0.1) is 31.5 Å². The maximum atomic E-state index is 10.5. The molecule has 0 unspecified atom stereocenters. The number of para-hydroxylation sites is 1. The van der Waals surface area contributed by atoms with Gasteiger partial charge in [-0.15, -0.1) is 0 Å². The molecular formula is C25H24N2O4. The second kappa shape index (κ2) is 7.54. The fourth-order valence-electron chi connectivity index (χ4n) is 4.31. The van der Waals surface area contributed by atoms with Gasteiger partial charge in [0.2, 0.25) is 6.23 Å². The number of rotatable bonds is 4. The molecule has 3 aromatic rings. The standard InChI is InChI=1S/C25H24N2O4/c1-15-8-11-22(28)19(12-15)20-14-21-17-6-4-5-7-23(17)31-25(27(21)26-20)18-10-9-16(29-2)13-24(18)30-3/h4-13,21,25,28H,14H2,1-3H3/t21-,25+/m1/s1. The summed E-state index contributed by atoms with van der Waals surface area (Å²) in [5.41, 5.74) is 4.61. The van der Waals surface area contributed by atoms with Crippen LogP contribution in [0.15, 0.2) is 65.8 Å². The summed E-state index contributed by atoms with van der Waals surface area (Å²) in [5.74, 6) is 2.45. The van der Waals surface area contributed by atoms with E-state index < -0.39 is 6.23 Å². The summed E-state index contributed by atoms with van der Waals surface area (Å²) in [6, 6.07) is 19.3. The van der Waals surface area contributed by atoms with Gasteiger partial charge in [-0.3, -0.25) is 0 Å². The van der Waals surface area contributed by atoms with E-state index in [0.29, 0.717) is 17.9 Å². The van der Waals surface area contributed by atoms with E-state index in [1.165, 1.54) is 0 Å². The van der Waals surface area contributed by atoms with E-state index in [9.17, 15) is 5.11 Å². The number of fused-ring (bicyclic) bond motifs is 3. The smallest absolute Gasteiger partial charge is 0.217 e. The van der Waals surface area contributed by atoms with Crippen molar-refractivity contribution in [3.63, 3.8) is 0 Å². The Morgan fingerprint density at radius 3 is 2.65 bits per heavy atom. The van der Waals surface area contributed by atoms with Crippen molar-refractivity contribution in [1.29, 1.82) is 0 Å². The summed E-state index contributed by atoms with van der Waals surface area (Å²) in [7, 11) is 3.26. The molecule has 158 valence electrons. The number of benzene rings is 3. The molecule has 0 radical (unpaired) electrons. The number of hydrazone groups is 1. The number of methoxy groups -OCH3 is 2. The molecule has 1 N–H and O–H groups in total. The van der Waals surface area contributed by atoms with Crippen molar-refractivity contribution in [2.75, 3.05) is 14.2 Å². The molecule has 0 saturated carbocycles. The largest absolute Gasteiger partial charge is 0.507 e. The molecule has 0 aliphatic carbocycles. The first-order valence-corrected chi connectivity index (χ1v) is 10.2. The SMILES string of the molecule is COc1ccc([C@@H]2Oc3ccccc3[C@H]3CC(c4cc(C)ccc4O)=NN32)c(OC)c1. The Bertz CT molecular complexity index is 1170. The van der Waals surface area contributed by atoms with Crippen molar-refractivity contribution < 1.29 is 19.3 Å². The number of nitrogens with zero attached hydrogens (tertiary/aromatic N) is 2. The first-order valence-electron chi connectivity index (χ1n) is 10.2. The number of phenolic OH excluding ortho intramolecular Hbond substituents is 1. The summed E-state index contributed by atoms with van der Waals surface area (Å²) in [6.07, 6.45) is 0.206. The topological polar surface area (TPSA) is 63.5 Å². The molecule has 2 aliphatic rings. The van der Waals surface area contributed by atoms with Crippen molar-refractivity contribution in [3.8, 4) is 23.0 Å². The average Bonchev–Trinajstić information content (AvgIpc) is 3.25. The molecule has 31 heavy (non-hydrogen) atoms. The minimum atomic E-state index is -0.467. The fourth-order valence-corrected chi connectivity index (χ4v) is 4.31. The van der Waals surface area contributed by atoms with Gasteiger partial charge >= 0.3 is 0 Å². The van der Waals surface area contributed by atoms with Crippen LogP contribution in [-0.4, -0.2) is 30.0 Å². The normalized spacial score (nSPS) is 19.2. The first-order chi connectivity index (χ1) is 15.1. The molecule has 0 saturated heterocycles. The van der Waals surface area contributed by atoms with Crippen molar-refractivity contribution >= 4 is 5.71 Å². The molecule has 2 atom stereocenters. The Morgan fingerprint density at radius 2 is 1.84 bits per heavy atom. The fraction of sp³-hybridized carbons (Fsp3) is 0.240. The van der Waals surface area contributed by atoms with E-state index in [1.807, 2.05) is 60.5 Å². The molecule has 3 aromatic carbocycles. The van der Waals surface area contributed by atoms with E-state index in [2.05, 4.69) is 6.07 Å². The van der Waals surface area contributed by atoms with Crippen LogP contribution in [0.5, 0.6) is 23.0 Å². The minimum absolute atomic E-state index is 0.00308. The summed E-state index contributed by atoms with van der Waals surface area (Å²) < 4.78 is 17.4. The zero-order valence-corrected chi connectivity index (χ0v) is 17.7. The van der Waals surface area contributed by atoms with E-state index in [0.717, 1.165) is 33.7 Å². The van der Waals surface area contributed by atoms with Crippen LogP contribution in [0.4, 0.5) is 0 Å². The zero-order valence-electron chi connectivity index (χ0n) is 17.7. The quantitative estimate of drug-likeness (QED) is 0.651. The van der Waals surface area contributed by atoms with E-state index >= 15 is 0 Å². The van der Waals surface area contributed by atoms with Crippen LogP contribution in [0.25, 0.3) is 0 Å². The minimum Gasteiger partial charge on any atom is -0.507 e. The van der Waals surface area contributed by atoms with Crippen molar-refractivity contribution in [2.45, 2.75) is 25.6 Å². The third-order valence-electron chi connectivity index (χ3n) is 5.87. The highest BCUT2D eigenvalue weighted by molar-refractivity contribution is 6.04. The second-order valence-corrected chi connectivity index (χ2v) is 7.78. The van der Waals surface area contributed by atoms with Crippen LogP contribution in [0.3, 0.4) is 0 Å². The van der Waals surface area contributed by atoms with Crippen LogP contribution in [-0.2, 0) is 0 Å². The van der Waals surface area contributed by atoms with Crippen LogP contribution in [0.2, 0.25) is 0 Å². The van der Waals surface area contributed by atoms with Crippen molar-refractivity contribution in [2.24, 2.45) is 5.10 Å². The Morgan fingerprint density at radius 1 is 1.00 bits per heavy atom. The van der Waals surface area contributed by atoms with Crippen LogP contribution >= 0.6 is 0 Å². The predicted molar refractivity (Wildman–Crippen MR) is 118 cm³/mol. The summed E-state index contributed by atoms with van der Waals surface area (Å²) in [5, 5.41) is 17.4. The van der Waals surface area contributed by atoms with Gasteiger partial charge in [0.25, 0.3) is 0 Å². The van der Waals surface area contributed by atoms with Gasteiger partial charge in [0, 0.05) is 23.6 Å². The maximum absolute atomic E-state index is 10.5. The molecule has 0 amide bonds. The number of aromatic hydroxyl groups is 1. The lowest BCUT2D eigenvalue weighted by Crippen LogP contribution is -2.33. The molecule has 6 heteroatoms. The van der Waals surface area contributed by atoms with E-state index in [4.69, 9.17) is 19.3 Å². The molecule has 2 aliphatic heterocycles. The predicted octanol–water partition coefficient (Wildman–Crippen LogP) is 4.96. The Hall–Kier alpha value is -3.67. The van der Waals surface area contributed by atoms with Crippen molar-refractivity contribution in [1.82, 2.24) is 5.01 Å². The molecule has 2 heterocycles. The Labute approximate surface area is 181 Å². The summed E-state index contributed by atoms with van der Waals surface area (Å²) >= 11 is 0. The van der Waals surface area contributed by atoms with Crippen LogP contribution in [0, 0.1) is 6.92 Å². The number of aryl methyl sites for hydroxylation is 1. The van der Waals surface area contributed by atoms with E-state index in [-0.39, 0.29) is 11.8 Å². The van der Waals surface area contributed by atoms with Gasteiger partial charge < -0.3 is 19.3 Å². The van der Waals surface area contributed by atoms with E-state index in [1.54, 1.807) is 20.3 Å². The highest BCUT2D eigenvalue weighted by Gasteiger charge is 2.42. The molecule has 0 spiro atoms. The highest BCUT2D eigenvalue weighted by atomic mass is 16.5. The van der Waals surface area contributed by atoms with Gasteiger partial charge in [0.15, 0.2) is 0 Å². The summed E-state index contributed by atoms with van der Waals surface area (Å²) in [4.78, 5) is 0. The highest BCUT2D eigenvalue weighted by Crippen LogP contribution is 2.49. The summed E-state index contributed by atoms with van der Waals surface area (Å²) in [6.45, 7) is 2.01.